The Morgan fingerprint density at radius 3 is 2.71 bits per heavy atom. The molecule has 0 spiro atoms. The molecule has 0 atom stereocenters. The molecule has 1 saturated heterocycles. The number of amides is 2. The number of carbonyl (C=O) groups is 2. The number of ether oxygens (including phenoxy) is 2. The molecular weight excluding hydrogens is 501 g/mol. The summed E-state index contributed by atoms with van der Waals surface area (Å²) in [4.78, 5) is 26.9. The van der Waals surface area contributed by atoms with Gasteiger partial charge < -0.3 is 14.8 Å². The van der Waals surface area contributed by atoms with E-state index in [4.69, 9.17) is 21.7 Å². The third kappa shape index (κ3) is 6.34. The highest BCUT2D eigenvalue weighted by molar-refractivity contribution is 8.26. The molecule has 2 amide bonds. The molecule has 2 aromatic rings. The van der Waals surface area contributed by atoms with Crippen molar-refractivity contribution in [3.05, 3.63) is 58.5 Å². The van der Waals surface area contributed by atoms with Crippen LogP contribution in [0.4, 0.5) is 18.9 Å². The van der Waals surface area contributed by atoms with E-state index in [2.05, 4.69) is 5.32 Å². The number of carbonyl (C=O) groups excluding carboxylic acids is 2. The van der Waals surface area contributed by atoms with Gasteiger partial charge in [-0.1, -0.05) is 42.5 Å². The van der Waals surface area contributed by atoms with Gasteiger partial charge in [0.2, 0.25) is 12.7 Å². The number of hydrogen-bond donors (Lipinski definition) is 1. The molecule has 0 radical (unpaired) electrons. The van der Waals surface area contributed by atoms with Crippen LogP contribution in [0.5, 0.6) is 11.5 Å². The number of halogens is 3. The van der Waals surface area contributed by atoms with Gasteiger partial charge in [0, 0.05) is 18.7 Å². The third-order valence-electron chi connectivity index (χ3n) is 5.33. The van der Waals surface area contributed by atoms with E-state index in [1.807, 2.05) is 6.07 Å². The third-order valence-corrected chi connectivity index (χ3v) is 6.70. The zero-order chi connectivity index (χ0) is 25.0. The number of nitrogens with one attached hydrogen (secondary N) is 1. The number of alkyl halides is 3. The second-order valence-corrected chi connectivity index (χ2v) is 9.56. The number of anilines is 1. The van der Waals surface area contributed by atoms with E-state index >= 15 is 0 Å². The van der Waals surface area contributed by atoms with Crippen LogP contribution in [0.15, 0.2) is 47.4 Å². The molecule has 0 aliphatic carbocycles. The maximum atomic E-state index is 12.8. The summed E-state index contributed by atoms with van der Waals surface area (Å²) >= 11 is 6.59. The van der Waals surface area contributed by atoms with Gasteiger partial charge in [-0.2, -0.15) is 13.2 Å². The fourth-order valence-electron chi connectivity index (χ4n) is 3.58. The Kier molecular flexibility index (Phi) is 7.66. The topological polar surface area (TPSA) is 67.9 Å². The summed E-state index contributed by atoms with van der Waals surface area (Å²) in [5.74, 6) is 0.770. The number of thiocarbonyl (C=S) groups is 1. The zero-order valence-electron chi connectivity index (χ0n) is 18.4. The second kappa shape index (κ2) is 10.7. The minimum Gasteiger partial charge on any atom is -0.454 e. The van der Waals surface area contributed by atoms with Crippen LogP contribution in [-0.4, -0.2) is 34.4 Å². The van der Waals surface area contributed by atoms with Crippen LogP contribution in [0.25, 0.3) is 6.08 Å². The molecule has 1 N–H and O–H groups in total. The van der Waals surface area contributed by atoms with Crippen LogP contribution < -0.4 is 14.8 Å². The van der Waals surface area contributed by atoms with Crippen LogP contribution in [0, 0.1) is 0 Å². The number of fused-ring (bicyclic) bond motifs is 1. The predicted molar refractivity (Wildman–Crippen MR) is 131 cm³/mol. The number of rotatable bonds is 8. The quantitative estimate of drug-likeness (QED) is 0.267. The van der Waals surface area contributed by atoms with Crippen LogP contribution in [0.1, 0.15) is 36.8 Å². The van der Waals surface area contributed by atoms with Crippen molar-refractivity contribution in [3.8, 4) is 11.5 Å². The van der Waals surface area contributed by atoms with E-state index in [1.54, 1.807) is 23.1 Å². The van der Waals surface area contributed by atoms with Gasteiger partial charge >= 0.3 is 6.18 Å². The fraction of sp³-hybridized carbons (Fsp3) is 0.292. The molecule has 11 heteroatoms. The smallest absolute Gasteiger partial charge is 0.416 e. The van der Waals surface area contributed by atoms with Crippen LogP contribution in [0.3, 0.4) is 0 Å². The van der Waals surface area contributed by atoms with Crippen molar-refractivity contribution in [2.75, 3.05) is 18.7 Å². The first-order valence-electron chi connectivity index (χ1n) is 10.8. The van der Waals surface area contributed by atoms with Gasteiger partial charge in [-0.25, -0.2) is 0 Å². The highest BCUT2D eigenvalue weighted by atomic mass is 32.2. The molecule has 4 rings (SSSR count). The highest BCUT2D eigenvalue weighted by Crippen LogP contribution is 2.36. The maximum Gasteiger partial charge on any atom is 0.416 e. The summed E-state index contributed by atoms with van der Waals surface area (Å²) in [6.45, 7) is 0.603. The highest BCUT2D eigenvalue weighted by Gasteiger charge is 2.32. The largest absolute Gasteiger partial charge is 0.454 e. The van der Waals surface area contributed by atoms with Crippen molar-refractivity contribution >= 4 is 51.9 Å². The summed E-state index contributed by atoms with van der Waals surface area (Å²) in [5.41, 5.74) is 0.101. The summed E-state index contributed by atoms with van der Waals surface area (Å²) in [5, 5.41) is 2.49. The van der Waals surface area contributed by atoms with Gasteiger partial charge in [0.15, 0.2) is 11.5 Å². The van der Waals surface area contributed by atoms with Gasteiger partial charge in [-0.3, -0.25) is 14.5 Å². The van der Waals surface area contributed by atoms with Crippen LogP contribution in [0.2, 0.25) is 0 Å². The minimum atomic E-state index is -4.47. The van der Waals surface area contributed by atoms with E-state index in [0.717, 1.165) is 17.7 Å². The van der Waals surface area contributed by atoms with Crippen molar-refractivity contribution in [2.24, 2.45) is 0 Å². The molecule has 2 aliphatic heterocycles. The van der Waals surface area contributed by atoms with Crippen molar-refractivity contribution in [1.82, 2.24) is 4.90 Å². The Morgan fingerprint density at radius 1 is 1.11 bits per heavy atom. The second-order valence-electron chi connectivity index (χ2n) is 7.88. The fourth-order valence-corrected chi connectivity index (χ4v) is 4.88. The van der Waals surface area contributed by atoms with Gasteiger partial charge in [0.1, 0.15) is 4.32 Å². The minimum absolute atomic E-state index is 0.108. The Balaban J connectivity index is 1.21. The molecule has 35 heavy (non-hydrogen) atoms. The summed E-state index contributed by atoms with van der Waals surface area (Å²) in [7, 11) is 0. The molecular formula is C24H21F3N2O4S2. The Morgan fingerprint density at radius 2 is 1.91 bits per heavy atom. The molecule has 2 aromatic carbocycles. The molecule has 1 fully saturated rings. The molecule has 2 aliphatic rings. The van der Waals surface area contributed by atoms with Crippen LogP contribution >= 0.6 is 24.0 Å². The molecule has 0 unspecified atom stereocenters. The van der Waals surface area contributed by atoms with E-state index < -0.39 is 11.7 Å². The van der Waals surface area contributed by atoms with Gasteiger partial charge in [-0.05, 0) is 54.8 Å². The Labute approximate surface area is 209 Å². The number of benzene rings is 2. The molecule has 0 aromatic heterocycles. The molecule has 184 valence electrons. The van der Waals surface area contributed by atoms with Crippen molar-refractivity contribution < 1.29 is 32.2 Å². The Bertz CT molecular complexity index is 1180. The van der Waals surface area contributed by atoms with Gasteiger partial charge in [-0.15, -0.1) is 0 Å². The molecule has 2 heterocycles. The lowest BCUT2D eigenvalue weighted by Crippen LogP contribution is -2.29. The van der Waals surface area contributed by atoms with E-state index in [0.29, 0.717) is 46.5 Å². The Hall–Kier alpha value is -3.05. The zero-order valence-corrected chi connectivity index (χ0v) is 20.0. The molecule has 0 saturated carbocycles. The average molecular weight is 523 g/mol. The summed E-state index contributed by atoms with van der Waals surface area (Å²) < 4.78 is 49.5. The number of hydrogen-bond acceptors (Lipinski definition) is 6. The summed E-state index contributed by atoms with van der Waals surface area (Å²) in [6.07, 6.45) is -0.703. The number of nitrogens with zero attached hydrogens (tertiary/aromatic N) is 1. The molecule has 6 nitrogen and oxygen atoms in total. The van der Waals surface area contributed by atoms with Crippen molar-refractivity contribution in [2.45, 2.75) is 31.9 Å². The lowest BCUT2D eigenvalue weighted by molar-refractivity contribution is -0.137. The van der Waals surface area contributed by atoms with Gasteiger partial charge in [0.05, 0.1) is 10.5 Å². The van der Waals surface area contributed by atoms with E-state index in [1.165, 1.54) is 23.9 Å². The predicted octanol–water partition coefficient (Wildman–Crippen LogP) is 5.83. The van der Waals surface area contributed by atoms with E-state index in [-0.39, 0.29) is 30.7 Å². The standard InChI is InChI=1S/C24H21F3N2O4S2/c25-24(26,27)16-5-4-6-17(13-16)28-21(30)7-2-1-3-10-29-22(31)20(35-23(29)34)12-15-8-9-18-19(11-15)33-14-32-18/h4-6,8-9,11-13H,1-3,7,10,14H2,(H,28,30)/b20-12-. The monoisotopic (exact) mass is 522 g/mol. The van der Waals surface area contributed by atoms with E-state index in [9.17, 15) is 22.8 Å². The first-order valence-corrected chi connectivity index (χ1v) is 12.1. The maximum absolute atomic E-state index is 12.8. The lowest BCUT2D eigenvalue weighted by Gasteiger charge is -2.14. The number of unbranched alkanes of at least 4 members (excludes halogenated alkanes) is 2. The van der Waals surface area contributed by atoms with Crippen LogP contribution in [-0.2, 0) is 15.8 Å². The normalized spacial score (nSPS) is 16.3. The van der Waals surface area contributed by atoms with Gasteiger partial charge in [0.25, 0.3) is 5.91 Å². The summed E-state index contributed by atoms with van der Waals surface area (Å²) in [6, 6.07) is 9.96. The first kappa shape index (κ1) is 25.1. The van der Waals surface area contributed by atoms with Crippen molar-refractivity contribution in [3.63, 3.8) is 0 Å². The average Bonchev–Trinajstić information content (AvgIpc) is 3.37. The number of thioether (sulfide) groups is 1. The SMILES string of the molecule is O=C(CCCCCN1C(=O)/C(=C/c2ccc3c(c2)OCO3)SC1=S)Nc1cccc(C(F)(F)F)c1. The lowest BCUT2D eigenvalue weighted by atomic mass is 10.1. The molecule has 0 bridgehead atoms. The first-order chi connectivity index (χ1) is 16.7. The van der Waals surface area contributed by atoms with Crippen molar-refractivity contribution in [1.29, 1.82) is 0 Å².